The summed E-state index contributed by atoms with van der Waals surface area (Å²) in [4.78, 5) is 40.7. The Labute approximate surface area is 239 Å². The molecular formula is C30H36N6O5. The van der Waals surface area contributed by atoms with E-state index in [2.05, 4.69) is 30.5 Å². The van der Waals surface area contributed by atoms with E-state index in [1.165, 1.54) is 19.2 Å². The normalized spacial score (nSPS) is 15.3. The van der Waals surface area contributed by atoms with Crippen molar-refractivity contribution in [1.82, 2.24) is 25.6 Å². The first-order valence-electron chi connectivity index (χ1n) is 14.1. The van der Waals surface area contributed by atoms with Crippen LogP contribution in [0.15, 0.2) is 48.8 Å². The maximum Gasteiger partial charge on any atom is 0.251 e. The number of benzene rings is 2. The molecule has 2 aliphatic rings. The molecule has 216 valence electrons. The van der Waals surface area contributed by atoms with E-state index in [4.69, 9.17) is 14.6 Å². The number of hydrogen-bond acceptors (Lipinski definition) is 9. The minimum atomic E-state index is -0.266. The average Bonchev–Trinajstić information content (AvgIpc) is 3.86. The molecule has 1 aliphatic heterocycles. The minimum absolute atomic E-state index is 0.121. The van der Waals surface area contributed by atoms with Gasteiger partial charge in [-0.15, -0.1) is 0 Å². The molecule has 11 nitrogen and oxygen atoms in total. The van der Waals surface area contributed by atoms with Gasteiger partial charge in [-0.3, -0.25) is 9.59 Å². The van der Waals surface area contributed by atoms with Crippen LogP contribution in [0.5, 0.6) is 11.5 Å². The van der Waals surface area contributed by atoms with Crippen molar-refractivity contribution in [2.45, 2.75) is 25.7 Å². The minimum Gasteiger partial charge on any atom is -0.497 e. The maximum atomic E-state index is 12.9. The highest BCUT2D eigenvalue weighted by atomic mass is 16.5. The first kappa shape index (κ1) is 28.3. The highest BCUT2D eigenvalue weighted by molar-refractivity contribution is 5.95. The van der Waals surface area contributed by atoms with Gasteiger partial charge < -0.3 is 30.1 Å². The Morgan fingerprint density at radius 1 is 0.951 bits per heavy atom. The van der Waals surface area contributed by atoms with E-state index in [-0.39, 0.29) is 25.0 Å². The van der Waals surface area contributed by atoms with Crippen molar-refractivity contribution >= 4 is 17.8 Å². The molecule has 1 saturated heterocycles. The Morgan fingerprint density at radius 2 is 1.73 bits per heavy atom. The van der Waals surface area contributed by atoms with Gasteiger partial charge >= 0.3 is 0 Å². The fourth-order valence-corrected chi connectivity index (χ4v) is 4.73. The monoisotopic (exact) mass is 560 g/mol. The molecule has 3 aromatic rings. The second-order valence-corrected chi connectivity index (χ2v) is 10.5. The third-order valence-corrected chi connectivity index (χ3v) is 7.35. The largest absolute Gasteiger partial charge is 0.497 e. The Balaban J connectivity index is 1.14. The molecule has 41 heavy (non-hydrogen) atoms. The van der Waals surface area contributed by atoms with Crippen molar-refractivity contribution in [2.75, 3.05) is 51.4 Å². The number of aliphatic hydroxyl groups is 1. The number of carbonyl (C=O) groups excluding carboxylic acids is 2. The molecule has 0 spiro atoms. The van der Waals surface area contributed by atoms with Crippen molar-refractivity contribution in [3.8, 4) is 22.9 Å². The molecule has 5 rings (SSSR count). The zero-order valence-electron chi connectivity index (χ0n) is 23.2. The van der Waals surface area contributed by atoms with Crippen LogP contribution < -0.4 is 25.0 Å². The lowest BCUT2D eigenvalue weighted by molar-refractivity contribution is 0.0936. The number of rotatable bonds is 12. The topological polar surface area (TPSA) is 139 Å². The number of hydrogen-bond donors (Lipinski definition) is 3. The van der Waals surface area contributed by atoms with Gasteiger partial charge in [0, 0.05) is 48.9 Å². The van der Waals surface area contributed by atoms with Gasteiger partial charge in [0.2, 0.25) is 5.95 Å². The lowest BCUT2D eigenvalue weighted by Crippen LogP contribution is -2.39. The Hall–Kier alpha value is -4.25. The fourth-order valence-electron chi connectivity index (χ4n) is 4.73. The molecule has 11 heteroatoms. The van der Waals surface area contributed by atoms with Crippen LogP contribution in [-0.4, -0.2) is 78.4 Å². The molecule has 1 aromatic heterocycles. The van der Waals surface area contributed by atoms with E-state index < -0.39 is 0 Å². The summed E-state index contributed by atoms with van der Waals surface area (Å²) in [6.07, 6.45) is 5.65. The van der Waals surface area contributed by atoms with Crippen molar-refractivity contribution in [3.63, 3.8) is 0 Å². The third kappa shape index (κ3) is 7.69. The van der Waals surface area contributed by atoms with Crippen LogP contribution in [0.4, 0.5) is 5.95 Å². The molecule has 2 heterocycles. The molecule has 1 aliphatic carbocycles. The predicted octanol–water partition coefficient (Wildman–Crippen LogP) is 2.70. The zero-order chi connectivity index (χ0) is 28.6. The highest BCUT2D eigenvalue weighted by Gasteiger charge is 2.24. The number of piperidine rings is 1. The summed E-state index contributed by atoms with van der Waals surface area (Å²) in [5.74, 6) is 2.88. The number of carbonyl (C=O) groups is 2. The Kier molecular flexibility index (Phi) is 9.25. The zero-order valence-corrected chi connectivity index (χ0v) is 23.2. The molecule has 0 bridgehead atoms. The summed E-state index contributed by atoms with van der Waals surface area (Å²) in [7, 11) is 1.58. The molecule has 2 amide bonds. The summed E-state index contributed by atoms with van der Waals surface area (Å²) in [5.41, 5.74) is 1.71. The summed E-state index contributed by atoms with van der Waals surface area (Å²) in [6.45, 7) is 2.83. The van der Waals surface area contributed by atoms with Crippen molar-refractivity contribution in [2.24, 2.45) is 11.8 Å². The summed E-state index contributed by atoms with van der Waals surface area (Å²) >= 11 is 0. The van der Waals surface area contributed by atoms with Gasteiger partial charge in [0.15, 0.2) is 5.82 Å². The van der Waals surface area contributed by atoms with E-state index in [0.717, 1.165) is 25.9 Å². The number of nitrogens with one attached hydrogen (secondary N) is 2. The number of aromatic nitrogens is 3. The highest BCUT2D eigenvalue weighted by Crippen LogP contribution is 2.31. The van der Waals surface area contributed by atoms with Crippen LogP contribution in [0, 0.1) is 11.8 Å². The Morgan fingerprint density at radius 3 is 2.49 bits per heavy atom. The number of anilines is 1. The fraction of sp³-hybridized carbons (Fsp3) is 0.433. The van der Waals surface area contributed by atoms with Gasteiger partial charge in [0.1, 0.15) is 17.8 Å². The van der Waals surface area contributed by atoms with Gasteiger partial charge in [-0.1, -0.05) is 12.1 Å². The van der Waals surface area contributed by atoms with E-state index in [1.807, 2.05) is 12.1 Å². The summed E-state index contributed by atoms with van der Waals surface area (Å²) < 4.78 is 11.2. The van der Waals surface area contributed by atoms with Crippen molar-refractivity contribution < 1.29 is 24.2 Å². The standard InChI is InChI=1S/C30H36N6O5/c1-40-25-14-24(15-26(16-25)41-18-21-5-6-21)29(39)32-17-20-7-10-36(11-8-20)30-34-19-33-27(35-30)22-3-2-4-23(13-22)28(38)31-9-12-37/h2-4,13-16,19-21,37H,5-12,17-18H2,1H3,(H,31,38)(H,32,39). The second kappa shape index (κ2) is 13.4. The van der Waals surface area contributed by atoms with Crippen molar-refractivity contribution in [3.05, 3.63) is 59.9 Å². The average molecular weight is 561 g/mol. The summed E-state index contributed by atoms with van der Waals surface area (Å²) in [6, 6.07) is 12.4. The van der Waals surface area contributed by atoms with E-state index in [0.29, 0.717) is 64.9 Å². The first-order chi connectivity index (χ1) is 20.0. The van der Waals surface area contributed by atoms with Crippen LogP contribution in [0.1, 0.15) is 46.4 Å². The van der Waals surface area contributed by atoms with Gasteiger partial charge in [0.25, 0.3) is 11.8 Å². The molecule has 1 saturated carbocycles. The van der Waals surface area contributed by atoms with Crippen LogP contribution >= 0.6 is 0 Å². The molecule has 0 radical (unpaired) electrons. The number of ether oxygens (including phenoxy) is 2. The quantitative estimate of drug-likeness (QED) is 0.305. The van der Waals surface area contributed by atoms with Crippen LogP contribution in [0.25, 0.3) is 11.4 Å². The molecule has 2 fully saturated rings. The van der Waals surface area contributed by atoms with Gasteiger partial charge in [-0.25, -0.2) is 9.97 Å². The third-order valence-electron chi connectivity index (χ3n) is 7.35. The van der Waals surface area contributed by atoms with E-state index in [1.54, 1.807) is 37.4 Å². The van der Waals surface area contributed by atoms with Crippen LogP contribution in [-0.2, 0) is 0 Å². The van der Waals surface area contributed by atoms with Gasteiger partial charge in [-0.2, -0.15) is 4.98 Å². The molecule has 3 N–H and O–H groups in total. The van der Waals surface area contributed by atoms with E-state index in [9.17, 15) is 9.59 Å². The number of amides is 2. The van der Waals surface area contributed by atoms with Crippen molar-refractivity contribution in [1.29, 1.82) is 0 Å². The lowest BCUT2D eigenvalue weighted by atomic mass is 9.97. The van der Waals surface area contributed by atoms with E-state index >= 15 is 0 Å². The van der Waals surface area contributed by atoms with Gasteiger partial charge in [-0.05, 0) is 61.8 Å². The summed E-state index contributed by atoms with van der Waals surface area (Å²) in [5, 5.41) is 14.7. The number of aliphatic hydroxyl groups excluding tert-OH is 1. The predicted molar refractivity (Wildman–Crippen MR) is 153 cm³/mol. The van der Waals surface area contributed by atoms with Crippen LogP contribution in [0.3, 0.4) is 0 Å². The number of nitrogens with zero attached hydrogens (tertiary/aromatic N) is 4. The lowest BCUT2D eigenvalue weighted by Gasteiger charge is -2.32. The Bertz CT molecular complexity index is 1360. The molecule has 2 aromatic carbocycles. The second-order valence-electron chi connectivity index (χ2n) is 10.5. The molecule has 0 unspecified atom stereocenters. The smallest absolute Gasteiger partial charge is 0.251 e. The molecule has 0 atom stereocenters. The number of methoxy groups -OCH3 is 1. The molecular weight excluding hydrogens is 524 g/mol. The van der Waals surface area contributed by atoms with Crippen LogP contribution in [0.2, 0.25) is 0 Å². The SMILES string of the molecule is COc1cc(OCC2CC2)cc(C(=O)NCC2CCN(c3ncnc(-c4cccc(C(=O)NCCO)c4)n3)CC2)c1. The maximum absolute atomic E-state index is 12.9. The first-order valence-corrected chi connectivity index (χ1v) is 14.1. The van der Waals surface area contributed by atoms with Gasteiger partial charge in [0.05, 0.1) is 20.3 Å².